The number of benzene rings is 1. The third kappa shape index (κ3) is 4.44. The van der Waals surface area contributed by atoms with Crippen LogP contribution in [0.1, 0.15) is 50.5 Å². The fraction of sp³-hybridized carbons (Fsp3) is 0.625. The van der Waals surface area contributed by atoms with Crippen molar-refractivity contribution in [2.24, 2.45) is 11.8 Å². The maximum atomic E-state index is 13.9. The number of nitrogens with two attached hydrogens (primary N) is 1. The smallest absolute Gasteiger partial charge is 0.145 e. The van der Waals surface area contributed by atoms with Crippen LogP contribution in [0, 0.1) is 11.7 Å². The summed E-state index contributed by atoms with van der Waals surface area (Å²) in [7, 11) is 0. The molecule has 1 saturated carbocycles. The predicted octanol–water partition coefficient (Wildman–Crippen LogP) is 4.21. The summed E-state index contributed by atoms with van der Waals surface area (Å²) in [6.07, 6.45) is 9.48. The van der Waals surface area contributed by atoms with Crippen molar-refractivity contribution in [3.8, 4) is 0 Å². The number of rotatable bonds is 5. The second-order valence-corrected chi connectivity index (χ2v) is 6.28. The van der Waals surface area contributed by atoms with Crippen molar-refractivity contribution in [3.05, 3.63) is 34.6 Å². The number of hydrogen-bond donors (Lipinski definition) is 2. The second-order valence-electron chi connectivity index (χ2n) is 5.87. The molecule has 3 N–H and O–H groups in total. The van der Waals surface area contributed by atoms with Gasteiger partial charge in [-0.25, -0.2) is 4.39 Å². The topological polar surface area (TPSA) is 38.0 Å². The molecule has 0 aromatic heterocycles. The quantitative estimate of drug-likeness (QED) is 0.485. The first-order valence-corrected chi connectivity index (χ1v) is 7.97. The van der Waals surface area contributed by atoms with E-state index < -0.39 is 0 Å². The Bertz CT molecular complexity index is 417. The van der Waals surface area contributed by atoms with E-state index in [1.54, 1.807) is 18.2 Å². The van der Waals surface area contributed by atoms with Gasteiger partial charge in [-0.1, -0.05) is 62.3 Å². The van der Waals surface area contributed by atoms with Gasteiger partial charge < -0.3 is 0 Å². The van der Waals surface area contributed by atoms with Crippen LogP contribution in [-0.2, 0) is 6.42 Å². The fourth-order valence-electron chi connectivity index (χ4n) is 3.18. The van der Waals surface area contributed by atoms with Crippen molar-refractivity contribution in [2.45, 2.75) is 57.4 Å². The Balaban J connectivity index is 1.95. The van der Waals surface area contributed by atoms with Gasteiger partial charge in [0, 0.05) is 6.04 Å². The Morgan fingerprint density at radius 3 is 2.60 bits per heavy atom. The van der Waals surface area contributed by atoms with E-state index in [2.05, 4.69) is 5.43 Å². The van der Waals surface area contributed by atoms with Gasteiger partial charge in [0.2, 0.25) is 0 Å². The number of halogens is 2. The van der Waals surface area contributed by atoms with Crippen molar-refractivity contribution in [1.82, 2.24) is 5.43 Å². The minimum absolute atomic E-state index is 0.117. The van der Waals surface area contributed by atoms with Gasteiger partial charge in [-0.05, 0) is 30.4 Å². The largest absolute Gasteiger partial charge is 0.271 e. The van der Waals surface area contributed by atoms with Crippen LogP contribution < -0.4 is 11.3 Å². The molecule has 0 radical (unpaired) electrons. The SMILES string of the molecule is NNC(Cc1cccc(Cl)c1F)CC1CCCCCC1. The highest BCUT2D eigenvalue weighted by molar-refractivity contribution is 6.30. The second kappa shape index (κ2) is 7.96. The third-order valence-electron chi connectivity index (χ3n) is 4.33. The van der Waals surface area contributed by atoms with E-state index >= 15 is 0 Å². The van der Waals surface area contributed by atoms with Crippen LogP contribution in [0.2, 0.25) is 5.02 Å². The Morgan fingerprint density at radius 2 is 1.95 bits per heavy atom. The van der Waals surface area contributed by atoms with Crippen molar-refractivity contribution < 1.29 is 4.39 Å². The number of hydrazine groups is 1. The summed E-state index contributed by atoms with van der Waals surface area (Å²) in [5, 5.41) is 0.188. The van der Waals surface area contributed by atoms with Gasteiger partial charge in [-0.2, -0.15) is 0 Å². The average Bonchev–Trinajstić information content (AvgIpc) is 2.71. The highest BCUT2D eigenvalue weighted by Crippen LogP contribution is 2.28. The van der Waals surface area contributed by atoms with Crippen LogP contribution in [0.3, 0.4) is 0 Å². The lowest BCUT2D eigenvalue weighted by molar-refractivity contribution is 0.350. The van der Waals surface area contributed by atoms with E-state index in [9.17, 15) is 4.39 Å². The molecule has 1 aliphatic rings. The Morgan fingerprint density at radius 1 is 1.25 bits per heavy atom. The molecule has 20 heavy (non-hydrogen) atoms. The number of hydrogen-bond acceptors (Lipinski definition) is 2. The van der Waals surface area contributed by atoms with E-state index in [1.807, 2.05) is 0 Å². The lowest BCUT2D eigenvalue weighted by atomic mass is 9.90. The van der Waals surface area contributed by atoms with Gasteiger partial charge in [-0.15, -0.1) is 0 Å². The third-order valence-corrected chi connectivity index (χ3v) is 4.62. The number of nitrogens with one attached hydrogen (secondary N) is 1. The molecule has 0 aliphatic heterocycles. The first-order chi connectivity index (χ1) is 9.70. The standard InChI is InChI=1S/C16H24ClFN2/c17-15-9-5-8-13(16(15)18)11-14(20-19)10-12-6-3-1-2-4-7-12/h5,8-9,12,14,20H,1-4,6-7,10-11,19H2. The summed E-state index contributed by atoms with van der Waals surface area (Å²) in [5.41, 5.74) is 3.50. The van der Waals surface area contributed by atoms with Gasteiger partial charge in [-0.3, -0.25) is 11.3 Å². The summed E-state index contributed by atoms with van der Waals surface area (Å²) in [4.78, 5) is 0. The van der Waals surface area contributed by atoms with E-state index in [4.69, 9.17) is 17.4 Å². The molecule has 1 aromatic rings. The normalized spacial score (nSPS) is 18.8. The first kappa shape index (κ1) is 15.7. The molecule has 0 spiro atoms. The van der Waals surface area contributed by atoms with Gasteiger partial charge in [0.15, 0.2) is 0 Å². The first-order valence-electron chi connectivity index (χ1n) is 7.59. The summed E-state index contributed by atoms with van der Waals surface area (Å²) in [5.74, 6) is 6.06. The van der Waals surface area contributed by atoms with Crippen LogP contribution >= 0.6 is 11.6 Å². The van der Waals surface area contributed by atoms with Crippen molar-refractivity contribution in [2.75, 3.05) is 0 Å². The lowest BCUT2D eigenvalue weighted by Gasteiger charge is -2.22. The maximum Gasteiger partial charge on any atom is 0.145 e. The monoisotopic (exact) mass is 298 g/mol. The molecule has 0 saturated heterocycles. The summed E-state index contributed by atoms with van der Waals surface area (Å²) in [6, 6.07) is 5.28. The van der Waals surface area contributed by atoms with Crippen LogP contribution in [-0.4, -0.2) is 6.04 Å². The maximum absolute atomic E-state index is 13.9. The molecule has 1 atom stereocenters. The molecule has 1 unspecified atom stereocenters. The zero-order chi connectivity index (χ0) is 14.4. The van der Waals surface area contributed by atoms with Crippen LogP contribution in [0.4, 0.5) is 4.39 Å². The van der Waals surface area contributed by atoms with Crippen LogP contribution in [0.15, 0.2) is 18.2 Å². The predicted molar refractivity (Wildman–Crippen MR) is 82.0 cm³/mol. The van der Waals surface area contributed by atoms with E-state index in [-0.39, 0.29) is 16.9 Å². The Hall–Kier alpha value is -0.640. The minimum atomic E-state index is -0.310. The highest BCUT2D eigenvalue weighted by Gasteiger charge is 2.19. The zero-order valence-electron chi connectivity index (χ0n) is 11.9. The van der Waals surface area contributed by atoms with Gasteiger partial charge in [0.05, 0.1) is 5.02 Å². The molecular weight excluding hydrogens is 275 g/mol. The van der Waals surface area contributed by atoms with Crippen molar-refractivity contribution in [1.29, 1.82) is 0 Å². The van der Waals surface area contributed by atoms with Gasteiger partial charge >= 0.3 is 0 Å². The Kier molecular flexibility index (Phi) is 6.27. The molecule has 0 heterocycles. The molecule has 2 rings (SSSR count). The molecule has 112 valence electrons. The molecule has 1 aliphatic carbocycles. The van der Waals surface area contributed by atoms with E-state index in [1.165, 1.54) is 38.5 Å². The minimum Gasteiger partial charge on any atom is -0.271 e. The summed E-state index contributed by atoms with van der Waals surface area (Å²) >= 11 is 5.83. The summed E-state index contributed by atoms with van der Waals surface area (Å²) < 4.78 is 13.9. The molecule has 4 heteroatoms. The molecule has 1 fully saturated rings. The van der Waals surface area contributed by atoms with Crippen molar-refractivity contribution in [3.63, 3.8) is 0 Å². The highest BCUT2D eigenvalue weighted by atomic mass is 35.5. The lowest BCUT2D eigenvalue weighted by Crippen LogP contribution is -2.38. The fourth-order valence-corrected chi connectivity index (χ4v) is 3.38. The van der Waals surface area contributed by atoms with Crippen LogP contribution in [0.5, 0.6) is 0 Å². The Labute approximate surface area is 125 Å². The van der Waals surface area contributed by atoms with E-state index in [0.717, 1.165) is 6.42 Å². The van der Waals surface area contributed by atoms with Gasteiger partial charge in [0.25, 0.3) is 0 Å². The van der Waals surface area contributed by atoms with Crippen molar-refractivity contribution >= 4 is 11.6 Å². The van der Waals surface area contributed by atoms with Gasteiger partial charge in [0.1, 0.15) is 5.82 Å². The zero-order valence-corrected chi connectivity index (χ0v) is 12.6. The van der Waals surface area contributed by atoms with Crippen LogP contribution in [0.25, 0.3) is 0 Å². The summed E-state index contributed by atoms with van der Waals surface area (Å²) in [6.45, 7) is 0. The average molecular weight is 299 g/mol. The molecule has 0 bridgehead atoms. The molecule has 1 aromatic carbocycles. The molecular formula is C16H24ClFN2. The molecule has 2 nitrogen and oxygen atoms in total. The molecule has 0 amide bonds. The van der Waals surface area contributed by atoms with E-state index in [0.29, 0.717) is 17.9 Å².